The van der Waals surface area contributed by atoms with Crippen LogP contribution in [0.5, 0.6) is 5.75 Å². The first-order valence-corrected chi connectivity index (χ1v) is 8.65. The molecular formula is C18H17N7O3. The smallest absolute Gasteiger partial charge is 0.263 e. The Hall–Kier alpha value is -3.71. The summed E-state index contributed by atoms with van der Waals surface area (Å²) in [6, 6.07) is 3.72. The van der Waals surface area contributed by atoms with E-state index in [1.807, 2.05) is 6.07 Å². The van der Waals surface area contributed by atoms with Crippen molar-refractivity contribution in [3.8, 4) is 11.8 Å². The van der Waals surface area contributed by atoms with Gasteiger partial charge in [0.1, 0.15) is 23.1 Å². The van der Waals surface area contributed by atoms with Gasteiger partial charge in [0.2, 0.25) is 0 Å². The molecule has 28 heavy (non-hydrogen) atoms. The number of carbonyl (C=O) groups excluding carboxylic acids is 1. The second-order valence-corrected chi connectivity index (χ2v) is 6.25. The highest BCUT2D eigenvalue weighted by atomic mass is 16.5. The summed E-state index contributed by atoms with van der Waals surface area (Å²) in [5, 5.41) is 15.7. The maximum absolute atomic E-state index is 12.9. The number of carbonyl (C=O) groups is 1. The van der Waals surface area contributed by atoms with Crippen molar-refractivity contribution in [3.05, 3.63) is 42.0 Å². The molecule has 1 fully saturated rings. The van der Waals surface area contributed by atoms with Gasteiger partial charge in [0, 0.05) is 36.6 Å². The van der Waals surface area contributed by atoms with Gasteiger partial charge in [0.15, 0.2) is 11.5 Å². The number of aromatic nitrogens is 4. The van der Waals surface area contributed by atoms with E-state index in [1.165, 1.54) is 16.9 Å². The lowest BCUT2D eigenvalue weighted by Crippen LogP contribution is -2.19. The Bertz CT molecular complexity index is 1070. The molecule has 3 aromatic rings. The monoisotopic (exact) mass is 379 g/mol. The zero-order valence-electron chi connectivity index (χ0n) is 14.8. The molecule has 10 heteroatoms. The fourth-order valence-electron chi connectivity index (χ4n) is 2.94. The van der Waals surface area contributed by atoms with Gasteiger partial charge < -0.3 is 20.5 Å². The molecule has 0 aliphatic carbocycles. The van der Waals surface area contributed by atoms with Crippen LogP contribution in [0.4, 0.5) is 11.5 Å². The number of nitrogens with zero attached hydrogens (tertiary/aromatic N) is 5. The molecule has 3 aromatic heterocycles. The van der Waals surface area contributed by atoms with Crippen molar-refractivity contribution in [1.82, 2.24) is 19.6 Å². The number of fused-ring (bicyclic) bond motifs is 1. The predicted octanol–water partition coefficient (Wildman–Crippen LogP) is 1.19. The van der Waals surface area contributed by atoms with Crippen LogP contribution in [0.1, 0.15) is 22.3 Å². The fourth-order valence-corrected chi connectivity index (χ4v) is 2.94. The van der Waals surface area contributed by atoms with Crippen molar-refractivity contribution in [2.24, 2.45) is 0 Å². The third-order valence-corrected chi connectivity index (χ3v) is 4.27. The Labute approximate surface area is 159 Å². The molecule has 0 aromatic carbocycles. The highest BCUT2D eigenvalue weighted by Crippen LogP contribution is 2.27. The highest BCUT2D eigenvalue weighted by Gasteiger charge is 2.23. The van der Waals surface area contributed by atoms with Crippen LogP contribution >= 0.6 is 0 Å². The predicted molar refractivity (Wildman–Crippen MR) is 98.8 cm³/mol. The summed E-state index contributed by atoms with van der Waals surface area (Å²) in [5.74, 6) is 0.0568. The van der Waals surface area contributed by atoms with Crippen molar-refractivity contribution in [2.75, 3.05) is 24.3 Å². The van der Waals surface area contributed by atoms with E-state index in [0.29, 0.717) is 35.9 Å². The number of nitriles is 1. The molecule has 1 saturated heterocycles. The standard InChI is InChI=1S/C18H17N7O3/c19-4-1-11-7-22-17-15(16(20)24-25(17)9-11)18(26)23-13-8-21-5-2-14(13)28-12-3-6-27-10-12/h2,5,7-9,12H,1,3,6,10H2,(H2,20,24)(H,23,26)/t12-/m1/s1. The number of nitrogens with one attached hydrogen (secondary N) is 1. The molecule has 10 nitrogen and oxygen atoms in total. The van der Waals surface area contributed by atoms with Crippen molar-refractivity contribution in [3.63, 3.8) is 0 Å². The van der Waals surface area contributed by atoms with E-state index >= 15 is 0 Å². The minimum Gasteiger partial charge on any atom is -0.486 e. The quantitative estimate of drug-likeness (QED) is 0.673. The summed E-state index contributed by atoms with van der Waals surface area (Å²) in [4.78, 5) is 21.1. The highest BCUT2D eigenvalue weighted by molar-refractivity contribution is 6.11. The molecule has 1 amide bonds. The number of hydrogen-bond acceptors (Lipinski definition) is 8. The number of amides is 1. The molecule has 1 aliphatic rings. The fraction of sp³-hybridized carbons (Fsp3) is 0.278. The Morgan fingerprint density at radius 2 is 2.39 bits per heavy atom. The molecule has 4 rings (SSSR count). The Balaban J connectivity index is 1.61. The summed E-state index contributed by atoms with van der Waals surface area (Å²) < 4.78 is 12.6. The molecule has 3 N–H and O–H groups in total. The van der Waals surface area contributed by atoms with Gasteiger partial charge in [-0.25, -0.2) is 9.50 Å². The SMILES string of the molecule is N#CCc1cnc2c(C(=O)Nc3cnccc3O[C@@H]3CCOC3)c(N)nn2c1. The summed E-state index contributed by atoms with van der Waals surface area (Å²) in [7, 11) is 0. The lowest BCUT2D eigenvalue weighted by molar-refractivity contribution is 0.102. The zero-order chi connectivity index (χ0) is 19.5. The summed E-state index contributed by atoms with van der Waals surface area (Å²) in [6.07, 6.45) is 7.14. The second kappa shape index (κ2) is 7.50. The zero-order valence-corrected chi connectivity index (χ0v) is 14.8. The Kier molecular flexibility index (Phi) is 4.74. The van der Waals surface area contributed by atoms with Crippen LogP contribution in [0, 0.1) is 11.3 Å². The molecular weight excluding hydrogens is 362 g/mol. The molecule has 0 bridgehead atoms. The third-order valence-electron chi connectivity index (χ3n) is 4.27. The molecule has 0 saturated carbocycles. The Morgan fingerprint density at radius 3 is 3.18 bits per heavy atom. The maximum atomic E-state index is 12.9. The first-order valence-electron chi connectivity index (χ1n) is 8.65. The van der Waals surface area contributed by atoms with Crippen LogP contribution in [-0.4, -0.2) is 44.8 Å². The molecule has 0 spiro atoms. The van der Waals surface area contributed by atoms with E-state index in [4.69, 9.17) is 20.5 Å². The first-order chi connectivity index (χ1) is 13.7. The maximum Gasteiger partial charge on any atom is 0.263 e. The van der Waals surface area contributed by atoms with Gasteiger partial charge in [0.05, 0.1) is 31.9 Å². The number of nitrogen functional groups attached to an aromatic ring is 1. The minimum absolute atomic E-state index is 0.0367. The van der Waals surface area contributed by atoms with Crippen LogP contribution in [-0.2, 0) is 11.2 Å². The summed E-state index contributed by atoms with van der Waals surface area (Å²) >= 11 is 0. The van der Waals surface area contributed by atoms with Gasteiger partial charge in [0.25, 0.3) is 5.91 Å². The van der Waals surface area contributed by atoms with E-state index in [0.717, 1.165) is 6.42 Å². The van der Waals surface area contributed by atoms with Crippen molar-refractivity contribution in [1.29, 1.82) is 5.26 Å². The molecule has 4 heterocycles. The molecule has 0 unspecified atom stereocenters. The van der Waals surface area contributed by atoms with Crippen LogP contribution in [0.25, 0.3) is 5.65 Å². The molecule has 0 radical (unpaired) electrons. The molecule has 1 atom stereocenters. The minimum atomic E-state index is -0.478. The normalized spacial score (nSPS) is 16.0. The molecule has 142 valence electrons. The summed E-state index contributed by atoms with van der Waals surface area (Å²) in [5.41, 5.74) is 7.47. The number of nitrogens with two attached hydrogens (primary N) is 1. The van der Waals surface area contributed by atoms with Crippen LogP contribution in [0.15, 0.2) is 30.9 Å². The number of ether oxygens (including phenoxy) is 2. The first kappa shape index (κ1) is 17.7. The lowest BCUT2D eigenvalue weighted by atomic mass is 10.2. The average Bonchev–Trinajstić information content (AvgIpc) is 3.30. The number of hydrogen-bond donors (Lipinski definition) is 2. The Morgan fingerprint density at radius 1 is 1.50 bits per heavy atom. The second-order valence-electron chi connectivity index (χ2n) is 6.25. The molecule has 1 aliphatic heterocycles. The lowest BCUT2D eigenvalue weighted by Gasteiger charge is -2.15. The van der Waals surface area contributed by atoms with E-state index in [-0.39, 0.29) is 23.9 Å². The van der Waals surface area contributed by atoms with Crippen molar-refractivity contribution in [2.45, 2.75) is 18.9 Å². The van der Waals surface area contributed by atoms with Gasteiger partial charge in [-0.1, -0.05) is 0 Å². The van der Waals surface area contributed by atoms with Crippen molar-refractivity contribution < 1.29 is 14.3 Å². The van der Waals surface area contributed by atoms with E-state index < -0.39 is 5.91 Å². The van der Waals surface area contributed by atoms with Gasteiger partial charge in [-0.15, -0.1) is 5.10 Å². The third kappa shape index (κ3) is 3.43. The van der Waals surface area contributed by atoms with Gasteiger partial charge in [-0.2, -0.15) is 5.26 Å². The van der Waals surface area contributed by atoms with E-state index in [1.54, 1.807) is 18.5 Å². The largest absolute Gasteiger partial charge is 0.486 e. The van der Waals surface area contributed by atoms with E-state index in [2.05, 4.69) is 20.4 Å². The van der Waals surface area contributed by atoms with Crippen LogP contribution in [0.2, 0.25) is 0 Å². The van der Waals surface area contributed by atoms with Crippen LogP contribution in [0.3, 0.4) is 0 Å². The van der Waals surface area contributed by atoms with Gasteiger partial charge >= 0.3 is 0 Å². The number of rotatable bonds is 5. The number of anilines is 2. The van der Waals surface area contributed by atoms with Gasteiger partial charge in [-0.05, 0) is 0 Å². The van der Waals surface area contributed by atoms with Crippen LogP contribution < -0.4 is 15.8 Å². The van der Waals surface area contributed by atoms with E-state index in [9.17, 15) is 4.79 Å². The topological polar surface area (TPSA) is 140 Å². The number of pyridine rings is 1. The average molecular weight is 379 g/mol. The van der Waals surface area contributed by atoms with Gasteiger partial charge in [-0.3, -0.25) is 9.78 Å². The van der Waals surface area contributed by atoms with Crippen molar-refractivity contribution >= 4 is 23.1 Å². The summed E-state index contributed by atoms with van der Waals surface area (Å²) in [6.45, 7) is 1.15.